The first kappa shape index (κ1) is 15.7. The van der Waals surface area contributed by atoms with Crippen molar-refractivity contribution in [2.24, 2.45) is 5.92 Å². The van der Waals surface area contributed by atoms with Crippen LogP contribution in [0.4, 0.5) is 0 Å². The van der Waals surface area contributed by atoms with E-state index >= 15 is 0 Å². The lowest BCUT2D eigenvalue weighted by molar-refractivity contribution is -0.125. The van der Waals surface area contributed by atoms with Gasteiger partial charge in [-0.3, -0.25) is 4.79 Å². The molecule has 0 unspecified atom stereocenters. The number of piperidine rings is 1. The second-order valence-electron chi connectivity index (χ2n) is 4.41. The maximum absolute atomic E-state index is 11.9. The van der Waals surface area contributed by atoms with E-state index in [-0.39, 0.29) is 24.2 Å². The van der Waals surface area contributed by atoms with Gasteiger partial charge in [0.1, 0.15) is 0 Å². The normalized spacial score (nSPS) is 15.4. The molecule has 1 aromatic heterocycles. The minimum atomic E-state index is 0. The van der Waals surface area contributed by atoms with Crippen molar-refractivity contribution in [2.75, 3.05) is 20.2 Å². The Kier molecular flexibility index (Phi) is 6.59. The summed E-state index contributed by atoms with van der Waals surface area (Å²) in [6.45, 7) is 2.31. The predicted octanol–water partition coefficient (Wildman–Crippen LogP) is 1.13. The minimum Gasteiger partial charge on any atom is -0.481 e. The van der Waals surface area contributed by atoms with Gasteiger partial charge in [0, 0.05) is 12.0 Å². The van der Waals surface area contributed by atoms with E-state index in [9.17, 15) is 4.79 Å². The Hall–Kier alpha value is -1.33. The molecule has 0 spiro atoms. The topological polar surface area (TPSA) is 63.2 Å². The largest absolute Gasteiger partial charge is 0.481 e. The van der Waals surface area contributed by atoms with E-state index in [1.165, 1.54) is 0 Å². The number of halogens is 1. The van der Waals surface area contributed by atoms with Gasteiger partial charge in [-0.1, -0.05) is 6.07 Å². The number of ether oxygens (including phenoxy) is 1. The summed E-state index contributed by atoms with van der Waals surface area (Å²) in [7, 11) is 1.58. The van der Waals surface area contributed by atoms with Crippen LogP contribution < -0.4 is 15.4 Å². The number of aromatic nitrogens is 1. The van der Waals surface area contributed by atoms with E-state index < -0.39 is 0 Å². The van der Waals surface area contributed by atoms with Gasteiger partial charge >= 0.3 is 0 Å². The zero-order chi connectivity index (χ0) is 12.8. The third-order valence-electron chi connectivity index (χ3n) is 3.14. The van der Waals surface area contributed by atoms with Crippen molar-refractivity contribution >= 4 is 18.3 Å². The van der Waals surface area contributed by atoms with Gasteiger partial charge in [0.25, 0.3) is 0 Å². The van der Waals surface area contributed by atoms with Crippen LogP contribution in [0.1, 0.15) is 18.5 Å². The highest BCUT2D eigenvalue weighted by molar-refractivity contribution is 5.85. The lowest BCUT2D eigenvalue weighted by Gasteiger charge is -2.21. The van der Waals surface area contributed by atoms with Gasteiger partial charge in [-0.25, -0.2) is 4.98 Å². The molecular formula is C13H20ClN3O2. The molecule has 1 amide bonds. The van der Waals surface area contributed by atoms with E-state index in [2.05, 4.69) is 15.6 Å². The summed E-state index contributed by atoms with van der Waals surface area (Å²) in [4.78, 5) is 16.2. The van der Waals surface area contributed by atoms with Gasteiger partial charge in [-0.2, -0.15) is 0 Å². The van der Waals surface area contributed by atoms with Crippen LogP contribution in [-0.2, 0) is 11.3 Å². The third kappa shape index (κ3) is 4.69. The van der Waals surface area contributed by atoms with Crippen LogP contribution in [0.2, 0.25) is 0 Å². The van der Waals surface area contributed by atoms with Gasteiger partial charge < -0.3 is 15.4 Å². The molecule has 5 nitrogen and oxygen atoms in total. The number of amides is 1. The van der Waals surface area contributed by atoms with E-state index in [0.29, 0.717) is 12.4 Å². The average molecular weight is 286 g/mol. The second-order valence-corrected chi connectivity index (χ2v) is 4.41. The minimum absolute atomic E-state index is 0. The molecule has 0 bridgehead atoms. The third-order valence-corrected chi connectivity index (χ3v) is 3.14. The van der Waals surface area contributed by atoms with E-state index in [0.717, 1.165) is 31.6 Å². The summed E-state index contributed by atoms with van der Waals surface area (Å²) >= 11 is 0. The molecule has 0 atom stereocenters. The zero-order valence-electron chi connectivity index (χ0n) is 11.0. The van der Waals surface area contributed by atoms with Crippen molar-refractivity contribution in [3.05, 3.63) is 23.9 Å². The molecule has 1 aliphatic heterocycles. The molecule has 2 N–H and O–H groups in total. The van der Waals surface area contributed by atoms with Crippen molar-refractivity contribution in [2.45, 2.75) is 19.4 Å². The molecule has 2 heterocycles. The number of pyridine rings is 1. The SMILES string of the molecule is COc1cccc(CNC(=O)C2CCNCC2)n1.Cl. The van der Waals surface area contributed by atoms with Crippen LogP contribution in [0, 0.1) is 5.92 Å². The van der Waals surface area contributed by atoms with Crippen LogP contribution in [-0.4, -0.2) is 31.1 Å². The monoisotopic (exact) mass is 285 g/mol. The Bertz CT molecular complexity index is 409. The van der Waals surface area contributed by atoms with Crippen LogP contribution in [0.5, 0.6) is 5.88 Å². The summed E-state index contributed by atoms with van der Waals surface area (Å²) in [6, 6.07) is 5.54. The molecule has 0 radical (unpaired) electrons. The molecule has 1 aromatic rings. The molecule has 0 aromatic carbocycles. The first-order valence-electron chi connectivity index (χ1n) is 6.28. The van der Waals surface area contributed by atoms with E-state index in [1.807, 2.05) is 12.1 Å². The highest BCUT2D eigenvalue weighted by Crippen LogP contribution is 2.12. The second kappa shape index (κ2) is 7.96. The summed E-state index contributed by atoms with van der Waals surface area (Å²) in [5.74, 6) is 0.835. The molecule has 1 aliphatic rings. The van der Waals surface area contributed by atoms with Gasteiger partial charge in [0.15, 0.2) is 0 Å². The molecule has 2 rings (SSSR count). The standard InChI is InChI=1S/C13H19N3O2.ClH/c1-18-12-4-2-3-11(16-12)9-15-13(17)10-5-7-14-8-6-10;/h2-4,10,14H,5-9H2,1H3,(H,15,17);1H. The fourth-order valence-electron chi connectivity index (χ4n) is 2.08. The number of nitrogens with one attached hydrogen (secondary N) is 2. The average Bonchev–Trinajstić information content (AvgIpc) is 2.46. The number of hydrogen-bond acceptors (Lipinski definition) is 4. The summed E-state index contributed by atoms with van der Waals surface area (Å²) in [5, 5.41) is 6.18. The zero-order valence-corrected chi connectivity index (χ0v) is 11.8. The van der Waals surface area contributed by atoms with Gasteiger partial charge in [-0.15, -0.1) is 12.4 Å². The first-order chi connectivity index (χ1) is 8.79. The Labute approximate surface area is 119 Å². The molecule has 1 saturated heterocycles. The lowest BCUT2D eigenvalue weighted by atomic mass is 9.97. The van der Waals surface area contributed by atoms with Crippen molar-refractivity contribution < 1.29 is 9.53 Å². The van der Waals surface area contributed by atoms with E-state index in [1.54, 1.807) is 13.2 Å². The molecule has 0 aliphatic carbocycles. The lowest BCUT2D eigenvalue weighted by Crippen LogP contribution is -2.37. The van der Waals surface area contributed by atoms with Gasteiger partial charge in [0.2, 0.25) is 11.8 Å². The number of methoxy groups -OCH3 is 1. The Morgan fingerprint density at radius 3 is 2.89 bits per heavy atom. The summed E-state index contributed by atoms with van der Waals surface area (Å²) in [5.41, 5.74) is 0.816. The van der Waals surface area contributed by atoms with Crippen LogP contribution >= 0.6 is 12.4 Å². The Balaban J connectivity index is 0.00000180. The maximum atomic E-state index is 11.9. The maximum Gasteiger partial charge on any atom is 0.223 e. The van der Waals surface area contributed by atoms with Crippen molar-refractivity contribution in [1.29, 1.82) is 0 Å². The Morgan fingerprint density at radius 2 is 2.21 bits per heavy atom. The molecule has 106 valence electrons. The smallest absolute Gasteiger partial charge is 0.223 e. The summed E-state index contributed by atoms with van der Waals surface area (Å²) < 4.78 is 5.05. The predicted molar refractivity (Wildman–Crippen MR) is 75.5 cm³/mol. The van der Waals surface area contributed by atoms with Crippen LogP contribution in [0.3, 0.4) is 0 Å². The number of carbonyl (C=O) groups excluding carboxylic acids is 1. The Morgan fingerprint density at radius 1 is 1.47 bits per heavy atom. The molecule has 6 heteroatoms. The number of nitrogens with zero attached hydrogens (tertiary/aromatic N) is 1. The number of carbonyl (C=O) groups is 1. The number of hydrogen-bond donors (Lipinski definition) is 2. The summed E-state index contributed by atoms with van der Waals surface area (Å²) in [6.07, 6.45) is 1.83. The number of rotatable bonds is 4. The highest BCUT2D eigenvalue weighted by atomic mass is 35.5. The highest BCUT2D eigenvalue weighted by Gasteiger charge is 2.20. The molecule has 0 saturated carbocycles. The quantitative estimate of drug-likeness (QED) is 0.870. The molecular weight excluding hydrogens is 266 g/mol. The van der Waals surface area contributed by atoms with Crippen LogP contribution in [0.15, 0.2) is 18.2 Å². The van der Waals surface area contributed by atoms with Crippen LogP contribution in [0.25, 0.3) is 0 Å². The first-order valence-corrected chi connectivity index (χ1v) is 6.28. The van der Waals surface area contributed by atoms with E-state index in [4.69, 9.17) is 4.74 Å². The van der Waals surface area contributed by atoms with Crippen molar-refractivity contribution in [3.63, 3.8) is 0 Å². The van der Waals surface area contributed by atoms with Gasteiger partial charge in [-0.05, 0) is 32.0 Å². The fraction of sp³-hybridized carbons (Fsp3) is 0.538. The van der Waals surface area contributed by atoms with Crippen molar-refractivity contribution in [3.8, 4) is 5.88 Å². The molecule has 1 fully saturated rings. The fourth-order valence-corrected chi connectivity index (χ4v) is 2.08. The molecule has 19 heavy (non-hydrogen) atoms. The van der Waals surface area contributed by atoms with Crippen molar-refractivity contribution in [1.82, 2.24) is 15.6 Å². The van der Waals surface area contributed by atoms with Gasteiger partial charge in [0.05, 0.1) is 19.3 Å².